The molecule has 0 bridgehead atoms. The molecule has 0 amide bonds. The summed E-state index contributed by atoms with van der Waals surface area (Å²) < 4.78 is 5.74. The second kappa shape index (κ2) is 6.72. The van der Waals surface area contributed by atoms with E-state index < -0.39 is 0 Å². The first-order valence-electron chi connectivity index (χ1n) is 7.05. The first kappa shape index (κ1) is 14.9. The number of aliphatic hydroxyl groups is 1. The van der Waals surface area contributed by atoms with Crippen LogP contribution in [0.2, 0.25) is 0 Å². The molecule has 2 N–H and O–H groups in total. The smallest absolute Gasteiger partial charge is 0.0565 e. The Labute approximate surface area is 106 Å². The first-order valence-corrected chi connectivity index (χ1v) is 7.05. The van der Waals surface area contributed by atoms with E-state index in [2.05, 4.69) is 33.0 Å². The van der Waals surface area contributed by atoms with Crippen molar-refractivity contribution in [1.82, 2.24) is 5.32 Å². The molecule has 3 nitrogen and oxygen atoms in total. The van der Waals surface area contributed by atoms with Gasteiger partial charge in [-0.05, 0) is 39.5 Å². The van der Waals surface area contributed by atoms with Gasteiger partial charge in [0.25, 0.3) is 0 Å². The minimum Gasteiger partial charge on any atom is -0.396 e. The average Bonchev–Trinajstić information content (AvgIpc) is 2.30. The summed E-state index contributed by atoms with van der Waals surface area (Å²) in [6.45, 7) is 9.81. The van der Waals surface area contributed by atoms with Crippen LogP contribution in [0.4, 0.5) is 0 Å². The van der Waals surface area contributed by atoms with Crippen molar-refractivity contribution in [2.75, 3.05) is 13.2 Å². The lowest BCUT2D eigenvalue weighted by atomic mass is 9.82. The summed E-state index contributed by atoms with van der Waals surface area (Å²) in [5, 5.41) is 13.2. The molecule has 0 aliphatic carbocycles. The van der Waals surface area contributed by atoms with E-state index >= 15 is 0 Å². The third-order valence-electron chi connectivity index (χ3n) is 4.30. The second-order valence-corrected chi connectivity index (χ2v) is 5.67. The van der Waals surface area contributed by atoms with Gasteiger partial charge in [-0.2, -0.15) is 0 Å². The molecule has 102 valence electrons. The van der Waals surface area contributed by atoms with E-state index in [4.69, 9.17) is 4.74 Å². The van der Waals surface area contributed by atoms with Gasteiger partial charge in [-0.15, -0.1) is 0 Å². The Morgan fingerprint density at radius 2 is 1.71 bits per heavy atom. The Kier molecular flexibility index (Phi) is 5.90. The Bertz CT molecular complexity index is 198. The van der Waals surface area contributed by atoms with Crippen LogP contribution in [-0.2, 0) is 4.74 Å². The zero-order chi connectivity index (χ0) is 12.9. The van der Waals surface area contributed by atoms with Crippen molar-refractivity contribution in [3.05, 3.63) is 0 Å². The molecular weight excluding hydrogens is 214 g/mol. The number of aliphatic hydroxyl groups excluding tert-OH is 1. The number of ether oxygens (including phenoxy) is 1. The summed E-state index contributed by atoms with van der Waals surface area (Å²) in [5.74, 6) is 0. The molecular formula is C14H29NO2. The number of rotatable bonds is 6. The Morgan fingerprint density at radius 3 is 2.12 bits per heavy atom. The van der Waals surface area contributed by atoms with Crippen molar-refractivity contribution in [3.8, 4) is 0 Å². The summed E-state index contributed by atoms with van der Waals surface area (Å²) in [4.78, 5) is 0. The fourth-order valence-corrected chi connectivity index (χ4v) is 2.71. The fraction of sp³-hybridized carbons (Fsp3) is 1.00. The maximum Gasteiger partial charge on any atom is 0.0565 e. The van der Waals surface area contributed by atoms with Crippen LogP contribution in [0.3, 0.4) is 0 Å². The number of hydrogen-bond donors (Lipinski definition) is 2. The molecule has 1 aliphatic rings. The van der Waals surface area contributed by atoms with Gasteiger partial charge in [0.2, 0.25) is 0 Å². The number of hydrogen-bond acceptors (Lipinski definition) is 3. The maximum absolute atomic E-state index is 9.55. The number of nitrogens with one attached hydrogen (secondary N) is 1. The van der Waals surface area contributed by atoms with E-state index in [0.717, 1.165) is 32.2 Å². The average molecular weight is 243 g/mol. The molecule has 0 spiro atoms. The summed E-state index contributed by atoms with van der Waals surface area (Å²) >= 11 is 0. The van der Waals surface area contributed by atoms with Gasteiger partial charge in [0, 0.05) is 24.6 Å². The zero-order valence-electron chi connectivity index (χ0n) is 11.8. The highest BCUT2D eigenvalue weighted by Crippen LogP contribution is 2.26. The molecule has 1 heterocycles. The van der Waals surface area contributed by atoms with Gasteiger partial charge < -0.3 is 15.2 Å². The largest absolute Gasteiger partial charge is 0.396 e. The van der Waals surface area contributed by atoms with Crippen molar-refractivity contribution in [1.29, 1.82) is 0 Å². The van der Waals surface area contributed by atoms with Gasteiger partial charge in [0.05, 0.1) is 12.2 Å². The minimum absolute atomic E-state index is 0.0603. The van der Waals surface area contributed by atoms with E-state index in [1.807, 2.05) is 0 Å². The first-order chi connectivity index (χ1) is 8.05. The molecule has 3 heteroatoms. The molecule has 2 atom stereocenters. The lowest BCUT2D eigenvalue weighted by molar-refractivity contribution is -0.0442. The third-order valence-corrected chi connectivity index (χ3v) is 4.30. The second-order valence-electron chi connectivity index (χ2n) is 5.67. The summed E-state index contributed by atoms with van der Waals surface area (Å²) in [7, 11) is 0. The van der Waals surface area contributed by atoms with Gasteiger partial charge in [-0.3, -0.25) is 0 Å². The highest BCUT2D eigenvalue weighted by atomic mass is 16.5. The predicted molar refractivity (Wildman–Crippen MR) is 71.1 cm³/mol. The normalized spacial score (nSPS) is 30.5. The Morgan fingerprint density at radius 1 is 1.18 bits per heavy atom. The lowest BCUT2D eigenvalue weighted by Gasteiger charge is -2.36. The standard InChI is InChI=1S/C14H29NO2/c1-5-14(6-2,10-16)9-15-13-7-11(3)17-12(4)8-13/h11-13,15-16H,5-10H2,1-4H3. The molecule has 0 saturated carbocycles. The van der Waals surface area contributed by atoms with Gasteiger partial charge in [-0.1, -0.05) is 13.8 Å². The van der Waals surface area contributed by atoms with Crippen LogP contribution in [0.15, 0.2) is 0 Å². The molecule has 1 rings (SSSR count). The van der Waals surface area contributed by atoms with Crippen molar-refractivity contribution in [2.45, 2.75) is 71.6 Å². The highest BCUT2D eigenvalue weighted by Gasteiger charge is 2.29. The molecule has 1 fully saturated rings. The van der Waals surface area contributed by atoms with E-state index in [0.29, 0.717) is 18.2 Å². The van der Waals surface area contributed by atoms with Gasteiger partial charge in [-0.25, -0.2) is 0 Å². The van der Waals surface area contributed by atoms with Gasteiger partial charge in [0.15, 0.2) is 0 Å². The Hall–Kier alpha value is -0.120. The molecule has 0 radical (unpaired) electrons. The maximum atomic E-state index is 9.55. The van der Waals surface area contributed by atoms with E-state index in [9.17, 15) is 5.11 Å². The monoisotopic (exact) mass is 243 g/mol. The van der Waals surface area contributed by atoms with Crippen LogP contribution in [-0.4, -0.2) is 36.5 Å². The summed E-state index contributed by atoms with van der Waals surface area (Å²) in [6.07, 6.45) is 4.92. The summed E-state index contributed by atoms with van der Waals surface area (Å²) in [6, 6.07) is 0.540. The van der Waals surface area contributed by atoms with Crippen LogP contribution in [0, 0.1) is 5.41 Å². The molecule has 0 aromatic carbocycles. The van der Waals surface area contributed by atoms with Crippen LogP contribution in [0.25, 0.3) is 0 Å². The molecule has 1 saturated heterocycles. The quantitative estimate of drug-likeness (QED) is 0.752. The van der Waals surface area contributed by atoms with Crippen molar-refractivity contribution in [2.24, 2.45) is 5.41 Å². The molecule has 0 aromatic rings. The van der Waals surface area contributed by atoms with E-state index in [-0.39, 0.29) is 12.0 Å². The van der Waals surface area contributed by atoms with Crippen LogP contribution in [0.5, 0.6) is 0 Å². The lowest BCUT2D eigenvalue weighted by Crippen LogP contribution is -2.46. The SMILES string of the molecule is CCC(CC)(CO)CNC1CC(C)OC(C)C1. The van der Waals surface area contributed by atoms with E-state index in [1.165, 1.54) is 0 Å². The topological polar surface area (TPSA) is 41.5 Å². The van der Waals surface area contributed by atoms with Crippen LogP contribution < -0.4 is 5.32 Å². The molecule has 0 aromatic heterocycles. The predicted octanol–water partition coefficient (Wildman–Crippen LogP) is 2.33. The zero-order valence-corrected chi connectivity index (χ0v) is 11.8. The fourth-order valence-electron chi connectivity index (χ4n) is 2.71. The van der Waals surface area contributed by atoms with E-state index in [1.54, 1.807) is 0 Å². The summed E-state index contributed by atoms with van der Waals surface area (Å²) in [5.41, 5.74) is 0.0603. The third kappa shape index (κ3) is 4.23. The highest BCUT2D eigenvalue weighted by molar-refractivity contribution is 4.84. The molecule has 17 heavy (non-hydrogen) atoms. The van der Waals surface area contributed by atoms with Crippen LogP contribution in [0.1, 0.15) is 53.4 Å². The van der Waals surface area contributed by atoms with Crippen molar-refractivity contribution < 1.29 is 9.84 Å². The molecule has 1 aliphatic heterocycles. The van der Waals surface area contributed by atoms with Crippen molar-refractivity contribution in [3.63, 3.8) is 0 Å². The Balaban J connectivity index is 2.43. The van der Waals surface area contributed by atoms with Gasteiger partial charge in [0.1, 0.15) is 0 Å². The molecule has 2 unspecified atom stereocenters. The van der Waals surface area contributed by atoms with Crippen LogP contribution >= 0.6 is 0 Å². The van der Waals surface area contributed by atoms with Crippen molar-refractivity contribution >= 4 is 0 Å². The van der Waals surface area contributed by atoms with Gasteiger partial charge >= 0.3 is 0 Å². The minimum atomic E-state index is 0.0603.